The maximum Gasteiger partial charge on any atom is 0.311 e. The number of carboxylic acids is 1. The van der Waals surface area contributed by atoms with Gasteiger partial charge in [-0.15, -0.1) is 0 Å². The molecule has 22 heavy (non-hydrogen) atoms. The number of benzene rings is 1. The van der Waals surface area contributed by atoms with Gasteiger partial charge in [0.2, 0.25) is 5.91 Å². The van der Waals surface area contributed by atoms with Gasteiger partial charge in [-0.3, -0.25) is 9.59 Å². The monoisotopic (exact) mass is 323 g/mol. The number of carboxylic acid groups (broad SMARTS) is 1. The Morgan fingerprint density at radius 2 is 2.09 bits per heavy atom. The van der Waals surface area contributed by atoms with E-state index in [2.05, 4.69) is 0 Å². The van der Waals surface area contributed by atoms with Crippen LogP contribution >= 0.6 is 11.6 Å². The predicted octanol–water partition coefficient (Wildman–Crippen LogP) is 1.83. The number of halogens is 1. The summed E-state index contributed by atoms with van der Waals surface area (Å²) in [6.07, 6.45) is 0.734. The fourth-order valence-electron chi connectivity index (χ4n) is 3.38. The van der Waals surface area contributed by atoms with Crippen molar-refractivity contribution in [2.45, 2.75) is 12.8 Å². The van der Waals surface area contributed by atoms with Gasteiger partial charge in [0.1, 0.15) is 0 Å². The summed E-state index contributed by atoms with van der Waals surface area (Å²) in [7, 11) is 0. The molecule has 3 rings (SSSR count). The van der Waals surface area contributed by atoms with Gasteiger partial charge in [-0.25, -0.2) is 0 Å². The third kappa shape index (κ3) is 2.71. The third-order valence-corrected chi connectivity index (χ3v) is 5.01. The lowest BCUT2D eigenvalue weighted by molar-refractivity contribution is -0.157. The number of amides is 1. The summed E-state index contributed by atoms with van der Waals surface area (Å²) in [4.78, 5) is 25.8. The molecule has 1 amide bonds. The smallest absolute Gasteiger partial charge is 0.311 e. The van der Waals surface area contributed by atoms with Crippen LogP contribution < -0.4 is 0 Å². The van der Waals surface area contributed by atoms with Crippen molar-refractivity contribution in [2.75, 3.05) is 26.3 Å². The summed E-state index contributed by atoms with van der Waals surface area (Å²) in [6, 6.07) is 7.14. The van der Waals surface area contributed by atoms with Gasteiger partial charge < -0.3 is 14.7 Å². The number of rotatable bonds is 3. The molecule has 2 heterocycles. The Morgan fingerprint density at radius 3 is 2.73 bits per heavy atom. The number of hydrogen-bond donors (Lipinski definition) is 1. The second-order valence-corrected chi connectivity index (χ2v) is 6.50. The zero-order valence-corrected chi connectivity index (χ0v) is 12.9. The van der Waals surface area contributed by atoms with Crippen molar-refractivity contribution in [3.8, 4) is 0 Å². The van der Waals surface area contributed by atoms with Crippen LogP contribution in [0, 0.1) is 11.3 Å². The maximum atomic E-state index is 12.5. The highest BCUT2D eigenvalue weighted by Crippen LogP contribution is 2.42. The topological polar surface area (TPSA) is 66.8 Å². The molecule has 0 aromatic heterocycles. The Labute approximate surface area is 133 Å². The lowest BCUT2D eigenvalue weighted by Crippen LogP contribution is -2.45. The standard InChI is InChI=1S/C16H18ClNO4/c17-13-3-1-11(2-4-13)7-14(19)18-8-12-9-22-6-5-16(12,10-18)15(20)21/h1-4,12H,5-10H2,(H,20,21)/t12-,16+/m0/s1. The first-order valence-corrected chi connectivity index (χ1v) is 7.72. The van der Waals surface area contributed by atoms with Crippen LogP contribution in [-0.2, 0) is 20.7 Å². The maximum absolute atomic E-state index is 12.5. The molecule has 2 aliphatic heterocycles. The number of nitrogens with zero attached hydrogens (tertiary/aromatic N) is 1. The number of carbonyl (C=O) groups is 2. The molecule has 0 saturated carbocycles. The van der Waals surface area contributed by atoms with Gasteiger partial charge in [0, 0.05) is 30.6 Å². The van der Waals surface area contributed by atoms with Gasteiger partial charge in [-0.1, -0.05) is 23.7 Å². The number of carbonyl (C=O) groups excluding carboxylic acids is 1. The molecule has 2 aliphatic rings. The van der Waals surface area contributed by atoms with Gasteiger partial charge in [0.25, 0.3) is 0 Å². The summed E-state index contributed by atoms with van der Waals surface area (Å²) in [6.45, 7) is 1.60. The summed E-state index contributed by atoms with van der Waals surface area (Å²) in [5, 5.41) is 10.2. The highest BCUT2D eigenvalue weighted by atomic mass is 35.5. The van der Waals surface area contributed by atoms with Gasteiger partial charge in [0.05, 0.1) is 18.4 Å². The van der Waals surface area contributed by atoms with Crippen LogP contribution in [0.1, 0.15) is 12.0 Å². The average molecular weight is 324 g/mol. The van der Waals surface area contributed by atoms with E-state index in [0.29, 0.717) is 31.2 Å². The second-order valence-electron chi connectivity index (χ2n) is 6.06. The van der Waals surface area contributed by atoms with Crippen LogP contribution in [0.5, 0.6) is 0 Å². The van der Waals surface area contributed by atoms with E-state index in [9.17, 15) is 14.7 Å². The number of hydrogen-bond acceptors (Lipinski definition) is 3. The summed E-state index contributed by atoms with van der Waals surface area (Å²) in [5.41, 5.74) is 0.0402. The Balaban J connectivity index is 1.72. The summed E-state index contributed by atoms with van der Waals surface area (Å²) >= 11 is 5.84. The largest absolute Gasteiger partial charge is 0.481 e. The van der Waals surface area contributed by atoms with Crippen molar-refractivity contribution in [3.63, 3.8) is 0 Å². The molecule has 0 bridgehead atoms. The summed E-state index contributed by atoms with van der Waals surface area (Å²) in [5.74, 6) is -0.979. The van der Waals surface area contributed by atoms with Crippen LogP contribution in [0.2, 0.25) is 5.02 Å². The zero-order valence-electron chi connectivity index (χ0n) is 12.1. The van der Waals surface area contributed by atoms with E-state index in [1.165, 1.54) is 0 Å². The van der Waals surface area contributed by atoms with Gasteiger partial charge in [0.15, 0.2) is 0 Å². The van der Waals surface area contributed by atoms with Crippen LogP contribution in [0.3, 0.4) is 0 Å². The predicted molar refractivity (Wildman–Crippen MR) is 80.7 cm³/mol. The minimum Gasteiger partial charge on any atom is -0.481 e. The van der Waals surface area contributed by atoms with E-state index < -0.39 is 11.4 Å². The molecule has 0 unspecified atom stereocenters. The van der Waals surface area contributed by atoms with Crippen molar-refractivity contribution < 1.29 is 19.4 Å². The lowest BCUT2D eigenvalue weighted by Gasteiger charge is -2.33. The fraction of sp³-hybridized carbons (Fsp3) is 0.500. The molecule has 2 atom stereocenters. The number of likely N-dealkylation sites (tertiary alicyclic amines) is 1. The highest BCUT2D eigenvalue weighted by Gasteiger charge is 2.54. The molecule has 0 radical (unpaired) electrons. The van der Waals surface area contributed by atoms with Crippen LogP contribution in [0.15, 0.2) is 24.3 Å². The molecular formula is C16H18ClNO4. The number of aliphatic carboxylic acids is 1. The first-order valence-electron chi connectivity index (χ1n) is 7.35. The lowest BCUT2D eigenvalue weighted by atomic mass is 9.74. The van der Waals surface area contributed by atoms with Gasteiger partial charge in [-0.05, 0) is 24.1 Å². The van der Waals surface area contributed by atoms with Crippen LogP contribution in [-0.4, -0.2) is 48.2 Å². The van der Waals surface area contributed by atoms with Crippen molar-refractivity contribution in [1.82, 2.24) is 4.90 Å². The zero-order chi connectivity index (χ0) is 15.7. The quantitative estimate of drug-likeness (QED) is 0.921. The molecular weight excluding hydrogens is 306 g/mol. The van der Waals surface area contributed by atoms with Gasteiger partial charge in [-0.2, -0.15) is 0 Å². The SMILES string of the molecule is O=C(Cc1ccc(Cl)cc1)N1C[C@H]2COCC[C@@]2(C(=O)O)C1. The first kappa shape index (κ1) is 15.3. The molecule has 6 heteroatoms. The van der Waals surface area contributed by atoms with Crippen molar-refractivity contribution in [3.05, 3.63) is 34.9 Å². The Morgan fingerprint density at radius 1 is 1.36 bits per heavy atom. The second kappa shape index (κ2) is 5.89. The minimum atomic E-state index is -0.839. The fourth-order valence-corrected chi connectivity index (χ4v) is 3.50. The van der Waals surface area contributed by atoms with E-state index in [0.717, 1.165) is 5.56 Å². The van der Waals surface area contributed by atoms with Gasteiger partial charge >= 0.3 is 5.97 Å². The van der Waals surface area contributed by atoms with E-state index in [-0.39, 0.29) is 24.8 Å². The molecule has 0 aliphatic carbocycles. The van der Waals surface area contributed by atoms with Crippen molar-refractivity contribution in [2.24, 2.45) is 11.3 Å². The third-order valence-electron chi connectivity index (χ3n) is 4.75. The molecule has 0 spiro atoms. The van der Waals surface area contributed by atoms with Crippen LogP contribution in [0.25, 0.3) is 0 Å². The van der Waals surface area contributed by atoms with E-state index >= 15 is 0 Å². The molecule has 1 N–H and O–H groups in total. The molecule has 2 fully saturated rings. The Bertz CT molecular complexity index is 588. The minimum absolute atomic E-state index is 0.0441. The Kier molecular flexibility index (Phi) is 4.10. The van der Waals surface area contributed by atoms with Crippen molar-refractivity contribution in [1.29, 1.82) is 0 Å². The molecule has 1 aromatic rings. The van der Waals surface area contributed by atoms with E-state index in [1.54, 1.807) is 17.0 Å². The molecule has 1 aromatic carbocycles. The molecule has 118 valence electrons. The average Bonchev–Trinajstić information content (AvgIpc) is 2.91. The van der Waals surface area contributed by atoms with E-state index in [1.807, 2.05) is 12.1 Å². The first-order chi connectivity index (χ1) is 10.5. The molecule has 5 nitrogen and oxygen atoms in total. The normalized spacial score (nSPS) is 27.5. The van der Waals surface area contributed by atoms with Crippen LogP contribution in [0.4, 0.5) is 0 Å². The Hall–Kier alpha value is -1.59. The number of fused-ring (bicyclic) bond motifs is 1. The van der Waals surface area contributed by atoms with E-state index in [4.69, 9.17) is 16.3 Å². The highest BCUT2D eigenvalue weighted by molar-refractivity contribution is 6.30. The number of ether oxygens (including phenoxy) is 1. The molecule has 2 saturated heterocycles. The van der Waals surface area contributed by atoms with Crippen molar-refractivity contribution >= 4 is 23.5 Å². The summed E-state index contributed by atoms with van der Waals surface area (Å²) < 4.78 is 5.40.